The molecule has 3 heterocycles. The lowest BCUT2D eigenvalue weighted by molar-refractivity contribution is 0.185. The van der Waals surface area contributed by atoms with Crippen LogP contribution >= 0.6 is 11.6 Å². The van der Waals surface area contributed by atoms with Gasteiger partial charge in [0.1, 0.15) is 22.3 Å². The molecule has 2 aromatic heterocycles. The Morgan fingerprint density at radius 2 is 1.93 bits per heavy atom. The Morgan fingerprint density at radius 3 is 2.52 bits per heavy atom. The molecule has 0 aromatic carbocycles. The average molecular weight is 422 g/mol. The first-order chi connectivity index (χ1) is 13.7. The number of nitrogens with zero attached hydrogens (tertiary/aromatic N) is 5. The van der Waals surface area contributed by atoms with Gasteiger partial charge in [-0.25, -0.2) is 0 Å². The highest BCUT2D eigenvalue weighted by Gasteiger charge is 2.28. The van der Waals surface area contributed by atoms with Gasteiger partial charge in [-0.2, -0.15) is 5.10 Å². The Balaban J connectivity index is 1.65. The van der Waals surface area contributed by atoms with E-state index in [2.05, 4.69) is 47.8 Å². The highest BCUT2D eigenvalue weighted by molar-refractivity contribution is 6.30. The summed E-state index contributed by atoms with van der Waals surface area (Å²) in [6.45, 7) is 17.7. The number of hydrogen-bond acceptors (Lipinski definition) is 5. The number of halogens is 1. The average Bonchev–Trinajstić information content (AvgIpc) is 3.30. The first-order valence-corrected chi connectivity index (χ1v) is 11.2. The van der Waals surface area contributed by atoms with Crippen LogP contribution in [0.4, 0.5) is 0 Å². The maximum Gasteiger partial charge on any atom is 0.134 e. The zero-order valence-corrected chi connectivity index (χ0v) is 19.5. The number of hydrogen-bond donors (Lipinski definition) is 0. The molecule has 162 valence electrons. The number of aromatic nitrogens is 3. The summed E-state index contributed by atoms with van der Waals surface area (Å²) in [7, 11) is 1.88. The second-order valence-corrected chi connectivity index (χ2v) is 9.82. The van der Waals surface area contributed by atoms with Gasteiger partial charge in [-0.1, -0.05) is 44.5 Å². The van der Waals surface area contributed by atoms with E-state index in [0.29, 0.717) is 22.9 Å². The molecule has 1 aliphatic heterocycles. The molecular formula is C22H36ClN5O. The predicted molar refractivity (Wildman–Crippen MR) is 118 cm³/mol. The van der Waals surface area contributed by atoms with E-state index in [1.54, 1.807) is 4.68 Å². The van der Waals surface area contributed by atoms with Crippen molar-refractivity contribution in [2.24, 2.45) is 24.8 Å². The van der Waals surface area contributed by atoms with E-state index >= 15 is 0 Å². The fraction of sp³-hybridized carbons (Fsp3) is 0.727. The molecule has 1 aliphatic rings. The first kappa shape index (κ1) is 22.3. The van der Waals surface area contributed by atoms with Gasteiger partial charge < -0.3 is 9.42 Å². The standard InChI is InChI=1S/C22H36ClN5O/c1-15(2)10-28(11-16(3)4)13-18-7-8-27(12-18)14-19-21(24-26(6)22(19)23)20-9-17(5)29-25-20/h9,15-16,18H,7-8,10-14H2,1-6H3. The minimum absolute atomic E-state index is 0.686. The molecule has 6 nitrogen and oxygen atoms in total. The normalized spacial score (nSPS) is 18.1. The van der Waals surface area contributed by atoms with Crippen molar-refractivity contribution in [3.63, 3.8) is 0 Å². The van der Waals surface area contributed by atoms with E-state index in [0.717, 1.165) is 42.3 Å². The van der Waals surface area contributed by atoms with E-state index in [9.17, 15) is 0 Å². The molecule has 0 radical (unpaired) electrons. The third-order valence-corrected chi connectivity index (χ3v) is 5.93. The summed E-state index contributed by atoms with van der Waals surface area (Å²) in [5, 5.41) is 9.43. The molecule has 2 aromatic rings. The van der Waals surface area contributed by atoms with Crippen LogP contribution in [-0.4, -0.2) is 57.5 Å². The number of rotatable bonds is 9. The zero-order chi connectivity index (χ0) is 21.1. The molecule has 1 fully saturated rings. The van der Waals surface area contributed by atoms with Crippen molar-refractivity contribution in [1.29, 1.82) is 0 Å². The quantitative estimate of drug-likeness (QED) is 0.597. The monoisotopic (exact) mass is 421 g/mol. The van der Waals surface area contributed by atoms with Crippen molar-refractivity contribution in [2.45, 2.75) is 47.6 Å². The molecule has 0 N–H and O–H groups in total. The fourth-order valence-electron chi connectivity index (χ4n) is 4.42. The summed E-state index contributed by atoms with van der Waals surface area (Å²) < 4.78 is 6.99. The first-order valence-electron chi connectivity index (χ1n) is 10.8. The van der Waals surface area contributed by atoms with Gasteiger partial charge in [-0.05, 0) is 37.6 Å². The Morgan fingerprint density at radius 1 is 1.24 bits per heavy atom. The van der Waals surface area contributed by atoms with E-state index < -0.39 is 0 Å². The van der Waals surface area contributed by atoms with Gasteiger partial charge in [-0.15, -0.1) is 0 Å². The molecule has 29 heavy (non-hydrogen) atoms. The van der Waals surface area contributed by atoms with Crippen LogP contribution in [0.5, 0.6) is 0 Å². The number of aryl methyl sites for hydroxylation is 2. The van der Waals surface area contributed by atoms with Crippen molar-refractivity contribution in [1.82, 2.24) is 24.7 Å². The van der Waals surface area contributed by atoms with Crippen molar-refractivity contribution < 1.29 is 4.52 Å². The van der Waals surface area contributed by atoms with Gasteiger partial charge in [0.2, 0.25) is 0 Å². The maximum atomic E-state index is 6.59. The van der Waals surface area contributed by atoms with Gasteiger partial charge in [0, 0.05) is 51.4 Å². The Hall–Kier alpha value is -1.37. The number of likely N-dealkylation sites (tertiary alicyclic amines) is 1. The van der Waals surface area contributed by atoms with E-state index in [4.69, 9.17) is 16.1 Å². The smallest absolute Gasteiger partial charge is 0.134 e. The molecule has 0 aliphatic carbocycles. The highest BCUT2D eigenvalue weighted by atomic mass is 35.5. The second kappa shape index (κ2) is 9.63. The SMILES string of the molecule is Cc1cc(-c2nn(C)c(Cl)c2CN2CCC(CN(CC(C)C)CC(C)C)C2)no1. The van der Waals surface area contributed by atoms with Gasteiger partial charge in [0.15, 0.2) is 0 Å². The van der Waals surface area contributed by atoms with Gasteiger partial charge in [-0.3, -0.25) is 9.58 Å². The van der Waals surface area contributed by atoms with Crippen LogP contribution in [0, 0.1) is 24.7 Å². The minimum Gasteiger partial charge on any atom is -0.361 e. The van der Waals surface area contributed by atoms with Crippen LogP contribution in [0.2, 0.25) is 5.15 Å². The lowest BCUT2D eigenvalue weighted by atomic mass is 10.1. The lowest BCUT2D eigenvalue weighted by Gasteiger charge is -2.28. The second-order valence-electron chi connectivity index (χ2n) is 9.46. The molecule has 0 bridgehead atoms. The van der Waals surface area contributed by atoms with E-state index in [1.807, 2.05) is 20.0 Å². The molecule has 3 rings (SSSR count). The summed E-state index contributed by atoms with van der Waals surface area (Å²) in [6, 6.07) is 1.92. The Labute approximate surface area is 180 Å². The molecule has 0 amide bonds. The van der Waals surface area contributed by atoms with Crippen LogP contribution in [-0.2, 0) is 13.6 Å². The maximum absolute atomic E-state index is 6.59. The molecule has 1 unspecified atom stereocenters. The van der Waals surface area contributed by atoms with Crippen LogP contribution in [0.1, 0.15) is 45.4 Å². The summed E-state index contributed by atoms with van der Waals surface area (Å²) >= 11 is 6.59. The van der Waals surface area contributed by atoms with Crippen molar-refractivity contribution in [2.75, 3.05) is 32.7 Å². The highest BCUT2D eigenvalue weighted by Crippen LogP contribution is 2.31. The zero-order valence-electron chi connectivity index (χ0n) is 18.8. The minimum atomic E-state index is 0.686. The molecular weight excluding hydrogens is 386 g/mol. The van der Waals surface area contributed by atoms with E-state index in [-0.39, 0.29) is 0 Å². The molecule has 1 saturated heterocycles. The lowest BCUT2D eigenvalue weighted by Crippen LogP contribution is -2.36. The molecule has 1 atom stereocenters. The Kier molecular flexibility index (Phi) is 7.41. The van der Waals surface area contributed by atoms with Crippen LogP contribution in [0.15, 0.2) is 10.6 Å². The van der Waals surface area contributed by atoms with E-state index in [1.165, 1.54) is 26.1 Å². The van der Waals surface area contributed by atoms with Crippen molar-refractivity contribution in [3.8, 4) is 11.4 Å². The fourth-order valence-corrected chi connectivity index (χ4v) is 4.61. The molecule has 0 saturated carbocycles. The summed E-state index contributed by atoms with van der Waals surface area (Å²) in [6.07, 6.45) is 1.24. The summed E-state index contributed by atoms with van der Waals surface area (Å²) in [4.78, 5) is 5.16. The third kappa shape index (κ3) is 5.83. The van der Waals surface area contributed by atoms with Crippen molar-refractivity contribution >= 4 is 11.6 Å². The molecule has 7 heteroatoms. The van der Waals surface area contributed by atoms with Gasteiger partial charge in [0.05, 0.1) is 0 Å². The predicted octanol–water partition coefficient (Wildman–Crippen LogP) is 4.47. The third-order valence-electron chi connectivity index (χ3n) is 5.45. The van der Waals surface area contributed by atoms with Gasteiger partial charge in [0.25, 0.3) is 0 Å². The topological polar surface area (TPSA) is 50.3 Å². The largest absolute Gasteiger partial charge is 0.361 e. The summed E-state index contributed by atoms with van der Waals surface area (Å²) in [5.74, 6) is 2.90. The van der Waals surface area contributed by atoms with Crippen LogP contribution in [0.3, 0.4) is 0 Å². The van der Waals surface area contributed by atoms with Crippen molar-refractivity contribution in [3.05, 3.63) is 22.5 Å². The van der Waals surface area contributed by atoms with Crippen LogP contribution < -0.4 is 0 Å². The molecule has 0 spiro atoms. The summed E-state index contributed by atoms with van der Waals surface area (Å²) in [5.41, 5.74) is 2.64. The Bertz CT molecular complexity index is 787. The van der Waals surface area contributed by atoms with Crippen LogP contribution in [0.25, 0.3) is 11.4 Å². The van der Waals surface area contributed by atoms with Gasteiger partial charge >= 0.3 is 0 Å².